The maximum absolute atomic E-state index is 11.5. The zero-order valence-electron chi connectivity index (χ0n) is 8.43. The Labute approximate surface area is 77.8 Å². The maximum Gasteiger partial charge on any atom is 0.272 e. The van der Waals surface area contributed by atoms with Crippen molar-refractivity contribution in [2.45, 2.75) is 33.2 Å². The lowest BCUT2D eigenvalue weighted by Gasteiger charge is -2.19. The Balaban J connectivity index is 2.76. The van der Waals surface area contributed by atoms with Gasteiger partial charge in [0.1, 0.15) is 5.69 Å². The summed E-state index contributed by atoms with van der Waals surface area (Å²) in [4.78, 5) is 18.3. The van der Waals surface area contributed by atoms with Crippen molar-refractivity contribution in [3.8, 4) is 0 Å². The van der Waals surface area contributed by atoms with E-state index in [-0.39, 0.29) is 11.4 Å². The van der Waals surface area contributed by atoms with Crippen molar-refractivity contribution in [1.82, 2.24) is 15.3 Å². The summed E-state index contributed by atoms with van der Waals surface area (Å²) < 4.78 is 0. The zero-order valence-corrected chi connectivity index (χ0v) is 8.43. The average molecular weight is 181 g/mol. The number of H-pyrrole nitrogens is 1. The van der Waals surface area contributed by atoms with E-state index in [1.807, 2.05) is 27.7 Å². The Morgan fingerprint density at radius 1 is 1.54 bits per heavy atom. The number of nitrogens with zero attached hydrogens (tertiary/aromatic N) is 1. The predicted molar refractivity (Wildman–Crippen MR) is 50.5 cm³/mol. The molecule has 72 valence electrons. The molecule has 0 aliphatic rings. The van der Waals surface area contributed by atoms with E-state index in [0.29, 0.717) is 5.69 Å². The van der Waals surface area contributed by atoms with Gasteiger partial charge in [-0.3, -0.25) is 4.79 Å². The van der Waals surface area contributed by atoms with Gasteiger partial charge in [0, 0.05) is 11.2 Å². The van der Waals surface area contributed by atoms with Crippen molar-refractivity contribution in [2.24, 2.45) is 0 Å². The smallest absolute Gasteiger partial charge is 0.272 e. The molecule has 1 aromatic heterocycles. The van der Waals surface area contributed by atoms with E-state index in [4.69, 9.17) is 0 Å². The van der Waals surface area contributed by atoms with Crippen molar-refractivity contribution >= 4 is 5.91 Å². The molecule has 1 aromatic rings. The van der Waals surface area contributed by atoms with Gasteiger partial charge in [0.2, 0.25) is 0 Å². The molecule has 0 aliphatic carbocycles. The minimum absolute atomic E-state index is 0.133. The molecule has 4 heteroatoms. The third-order valence-electron chi connectivity index (χ3n) is 1.53. The summed E-state index contributed by atoms with van der Waals surface area (Å²) in [6.07, 6.45) is 1.52. The third-order valence-corrected chi connectivity index (χ3v) is 1.53. The molecule has 1 heterocycles. The molecule has 0 spiro atoms. The Kier molecular flexibility index (Phi) is 2.40. The highest BCUT2D eigenvalue weighted by atomic mass is 16.2. The minimum atomic E-state index is -0.220. The topological polar surface area (TPSA) is 57.8 Å². The number of aromatic amines is 1. The fourth-order valence-electron chi connectivity index (χ4n) is 0.988. The van der Waals surface area contributed by atoms with Gasteiger partial charge in [0.25, 0.3) is 5.91 Å². The monoisotopic (exact) mass is 181 g/mol. The van der Waals surface area contributed by atoms with Crippen LogP contribution in [0.5, 0.6) is 0 Å². The lowest BCUT2D eigenvalue weighted by Crippen LogP contribution is -2.41. The predicted octanol–water partition coefficient (Wildman–Crippen LogP) is 1.25. The first-order chi connectivity index (χ1) is 5.90. The number of aromatic nitrogens is 2. The number of rotatable bonds is 1. The van der Waals surface area contributed by atoms with Crippen LogP contribution in [-0.2, 0) is 0 Å². The second-order valence-electron chi connectivity index (χ2n) is 4.08. The molecule has 1 rings (SSSR count). The fourth-order valence-corrected chi connectivity index (χ4v) is 0.988. The summed E-state index contributed by atoms with van der Waals surface area (Å²) in [6, 6.07) is 0. The van der Waals surface area contributed by atoms with Gasteiger partial charge in [-0.2, -0.15) is 0 Å². The van der Waals surface area contributed by atoms with E-state index in [1.54, 1.807) is 0 Å². The SMILES string of the molecule is Cc1[nH]cnc1C(=O)NC(C)(C)C. The number of hydrogen-bond donors (Lipinski definition) is 2. The summed E-state index contributed by atoms with van der Waals surface area (Å²) in [7, 11) is 0. The highest BCUT2D eigenvalue weighted by Crippen LogP contribution is 2.04. The van der Waals surface area contributed by atoms with Crippen molar-refractivity contribution in [2.75, 3.05) is 0 Å². The summed E-state index contributed by atoms with van der Waals surface area (Å²) >= 11 is 0. The van der Waals surface area contributed by atoms with Crippen LogP contribution in [0.3, 0.4) is 0 Å². The molecular weight excluding hydrogens is 166 g/mol. The van der Waals surface area contributed by atoms with E-state index in [0.717, 1.165) is 5.69 Å². The molecule has 0 atom stereocenters. The van der Waals surface area contributed by atoms with Crippen LogP contribution in [-0.4, -0.2) is 21.4 Å². The van der Waals surface area contributed by atoms with Gasteiger partial charge < -0.3 is 10.3 Å². The van der Waals surface area contributed by atoms with Crippen molar-refractivity contribution in [3.05, 3.63) is 17.7 Å². The highest BCUT2D eigenvalue weighted by Gasteiger charge is 2.17. The quantitative estimate of drug-likeness (QED) is 0.685. The Hall–Kier alpha value is -1.32. The lowest BCUT2D eigenvalue weighted by molar-refractivity contribution is 0.0914. The molecule has 0 fully saturated rings. The lowest BCUT2D eigenvalue weighted by atomic mass is 10.1. The van der Waals surface area contributed by atoms with E-state index in [9.17, 15) is 4.79 Å². The van der Waals surface area contributed by atoms with Gasteiger partial charge in [-0.05, 0) is 27.7 Å². The van der Waals surface area contributed by atoms with E-state index in [1.165, 1.54) is 6.33 Å². The standard InChI is InChI=1S/C9H15N3O/c1-6-7(11-5-10-6)8(13)12-9(2,3)4/h5H,1-4H3,(H,10,11)(H,12,13). The molecule has 0 radical (unpaired) electrons. The number of nitrogens with one attached hydrogen (secondary N) is 2. The van der Waals surface area contributed by atoms with Crippen molar-refractivity contribution in [1.29, 1.82) is 0 Å². The van der Waals surface area contributed by atoms with Crippen LogP contribution in [0.1, 0.15) is 37.0 Å². The second kappa shape index (κ2) is 3.20. The summed E-state index contributed by atoms with van der Waals surface area (Å²) in [6.45, 7) is 7.64. The number of hydrogen-bond acceptors (Lipinski definition) is 2. The van der Waals surface area contributed by atoms with Gasteiger partial charge in [-0.15, -0.1) is 0 Å². The van der Waals surface area contributed by atoms with Crippen LogP contribution in [0.2, 0.25) is 0 Å². The van der Waals surface area contributed by atoms with Crippen LogP contribution in [0.15, 0.2) is 6.33 Å². The van der Waals surface area contributed by atoms with E-state index >= 15 is 0 Å². The van der Waals surface area contributed by atoms with E-state index < -0.39 is 0 Å². The maximum atomic E-state index is 11.5. The first-order valence-corrected chi connectivity index (χ1v) is 4.22. The summed E-state index contributed by atoms with van der Waals surface area (Å²) in [5, 5.41) is 2.84. The first-order valence-electron chi connectivity index (χ1n) is 4.22. The zero-order chi connectivity index (χ0) is 10.1. The molecule has 0 bridgehead atoms. The number of imidazole rings is 1. The minimum Gasteiger partial charge on any atom is -0.348 e. The molecule has 0 aliphatic heterocycles. The fraction of sp³-hybridized carbons (Fsp3) is 0.556. The summed E-state index contributed by atoms with van der Waals surface area (Å²) in [5.74, 6) is -0.133. The van der Waals surface area contributed by atoms with Crippen molar-refractivity contribution in [3.63, 3.8) is 0 Å². The van der Waals surface area contributed by atoms with Crippen molar-refractivity contribution < 1.29 is 4.79 Å². The molecule has 0 unspecified atom stereocenters. The number of aryl methyl sites for hydroxylation is 1. The molecule has 0 saturated heterocycles. The molecule has 2 N–H and O–H groups in total. The summed E-state index contributed by atoms with van der Waals surface area (Å²) in [5.41, 5.74) is 1.04. The Bertz CT molecular complexity index is 309. The average Bonchev–Trinajstić information content (AvgIpc) is 2.30. The van der Waals surface area contributed by atoms with Crippen LogP contribution >= 0.6 is 0 Å². The van der Waals surface area contributed by atoms with Gasteiger partial charge in [-0.1, -0.05) is 0 Å². The van der Waals surface area contributed by atoms with E-state index in [2.05, 4.69) is 15.3 Å². The molecule has 1 amide bonds. The normalized spacial score (nSPS) is 11.4. The first kappa shape index (κ1) is 9.77. The molecule has 13 heavy (non-hydrogen) atoms. The van der Waals surface area contributed by atoms with Gasteiger partial charge in [0.15, 0.2) is 0 Å². The third kappa shape index (κ3) is 2.57. The van der Waals surface area contributed by atoms with Gasteiger partial charge >= 0.3 is 0 Å². The Morgan fingerprint density at radius 3 is 2.54 bits per heavy atom. The van der Waals surface area contributed by atoms with Crippen LogP contribution in [0, 0.1) is 6.92 Å². The Morgan fingerprint density at radius 2 is 2.15 bits per heavy atom. The number of amides is 1. The largest absolute Gasteiger partial charge is 0.348 e. The van der Waals surface area contributed by atoms with Crippen LogP contribution in [0.25, 0.3) is 0 Å². The molecular formula is C9H15N3O. The number of carbonyl (C=O) groups excluding carboxylic acids is 1. The molecule has 0 saturated carbocycles. The van der Waals surface area contributed by atoms with Crippen LogP contribution < -0.4 is 5.32 Å². The van der Waals surface area contributed by atoms with Gasteiger partial charge in [0.05, 0.1) is 6.33 Å². The second-order valence-corrected chi connectivity index (χ2v) is 4.08. The molecule has 4 nitrogen and oxygen atoms in total. The van der Waals surface area contributed by atoms with Gasteiger partial charge in [-0.25, -0.2) is 4.98 Å². The highest BCUT2D eigenvalue weighted by molar-refractivity contribution is 5.93. The molecule has 0 aromatic carbocycles. The van der Waals surface area contributed by atoms with Crippen LogP contribution in [0.4, 0.5) is 0 Å². The number of carbonyl (C=O) groups is 1.